The number of carbonyl (C=O) groups excluding carboxylic acids is 1. The van der Waals surface area contributed by atoms with E-state index in [-0.39, 0.29) is 36.2 Å². The molecule has 1 fully saturated rings. The molecule has 40 heavy (non-hydrogen) atoms. The van der Waals surface area contributed by atoms with Crippen molar-refractivity contribution in [2.75, 3.05) is 32.3 Å². The van der Waals surface area contributed by atoms with Crippen molar-refractivity contribution in [1.29, 1.82) is 0 Å². The van der Waals surface area contributed by atoms with Gasteiger partial charge >= 0.3 is 0 Å². The highest BCUT2D eigenvalue weighted by Gasteiger charge is 2.47. The maximum Gasteiger partial charge on any atom is 0.228 e. The van der Waals surface area contributed by atoms with E-state index in [0.717, 1.165) is 41.4 Å². The molecule has 5 rings (SSSR count). The first-order valence-corrected chi connectivity index (χ1v) is 17.1. The van der Waals surface area contributed by atoms with Crippen LogP contribution in [0.3, 0.4) is 0 Å². The van der Waals surface area contributed by atoms with Crippen LogP contribution in [0.4, 0.5) is 5.69 Å². The minimum atomic E-state index is -2.12. The molecule has 1 saturated heterocycles. The predicted octanol–water partition coefficient (Wildman–Crippen LogP) is 3.72. The first-order chi connectivity index (χ1) is 19.3. The van der Waals surface area contributed by atoms with E-state index in [1.165, 1.54) is 5.19 Å². The van der Waals surface area contributed by atoms with Crippen molar-refractivity contribution < 1.29 is 24.1 Å². The van der Waals surface area contributed by atoms with E-state index in [4.69, 9.17) is 14.2 Å². The molecule has 0 aliphatic carbocycles. The Hall–Kier alpha value is -3.21. The van der Waals surface area contributed by atoms with Crippen molar-refractivity contribution in [3.05, 3.63) is 59.9 Å². The lowest BCUT2D eigenvalue weighted by Gasteiger charge is -2.46. The fourth-order valence-electron chi connectivity index (χ4n) is 6.24. The molecule has 1 unspecified atom stereocenters. The second-order valence-corrected chi connectivity index (χ2v) is 16.2. The van der Waals surface area contributed by atoms with Gasteiger partial charge in [0.15, 0.2) is 0 Å². The van der Waals surface area contributed by atoms with Crippen LogP contribution >= 0.6 is 0 Å². The maximum atomic E-state index is 12.1. The Kier molecular flexibility index (Phi) is 8.30. The summed E-state index contributed by atoms with van der Waals surface area (Å²) < 4.78 is 20.3. The van der Waals surface area contributed by atoms with Crippen LogP contribution in [0.5, 0.6) is 11.5 Å². The fourth-order valence-corrected chi connectivity index (χ4v) is 9.74. The van der Waals surface area contributed by atoms with E-state index in [9.17, 15) is 9.90 Å². The number of nitrogens with zero attached hydrogens (tertiary/aromatic N) is 4. The van der Waals surface area contributed by atoms with E-state index in [2.05, 4.69) is 48.5 Å². The van der Waals surface area contributed by atoms with Gasteiger partial charge in [0.25, 0.3) is 0 Å². The maximum absolute atomic E-state index is 12.1. The Morgan fingerprint density at radius 2 is 1.95 bits per heavy atom. The van der Waals surface area contributed by atoms with Gasteiger partial charge in [0.1, 0.15) is 17.6 Å². The molecule has 3 heterocycles. The Morgan fingerprint density at radius 3 is 2.58 bits per heavy atom. The SMILES string of the molecule is COc1ccc([Si](C)(C)C(CCn2cc(CCO)nn2)[C@H]2Oc3ccc(N4CCC4=O)cc3[C@@H](OC)[C@@H]2C)cc1. The molecule has 0 radical (unpaired) electrons. The highest BCUT2D eigenvalue weighted by atomic mass is 28.3. The standard InChI is InChI=1S/C30H40N4O5Si/c1-20-29(38-3)25-18-22(34-16-13-28(34)36)6-11-26(25)39-30(20)27(12-15-33-19-21(14-17-35)31-32-33)40(4,5)24-9-7-23(37-2)8-10-24/h6-11,18-20,27,29-30,35H,12-17H2,1-5H3/t20-,27?,29-,30-/m0/s1. The van der Waals surface area contributed by atoms with Crippen molar-refractivity contribution in [2.24, 2.45) is 5.92 Å². The lowest BCUT2D eigenvalue weighted by molar-refractivity contribution is -0.122. The van der Waals surface area contributed by atoms with Gasteiger partial charge in [0, 0.05) is 63.0 Å². The number of aryl methyl sites for hydroxylation is 1. The molecule has 9 nitrogen and oxygen atoms in total. The van der Waals surface area contributed by atoms with Crippen LogP contribution in [-0.2, 0) is 22.5 Å². The van der Waals surface area contributed by atoms with Gasteiger partial charge in [0.2, 0.25) is 5.91 Å². The summed E-state index contributed by atoms with van der Waals surface area (Å²) in [6, 6.07) is 14.5. The first kappa shape index (κ1) is 28.3. The van der Waals surface area contributed by atoms with Crippen LogP contribution in [0.15, 0.2) is 48.7 Å². The van der Waals surface area contributed by atoms with E-state index >= 15 is 0 Å². The monoisotopic (exact) mass is 564 g/mol. The third-order valence-corrected chi connectivity index (χ3v) is 13.0. The summed E-state index contributed by atoms with van der Waals surface area (Å²) >= 11 is 0. The van der Waals surface area contributed by atoms with Crippen LogP contribution in [-0.4, -0.2) is 67.6 Å². The Bertz CT molecular complexity index is 1330. The number of benzene rings is 2. The van der Waals surface area contributed by atoms with E-state index in [0.29, 0.717) is 19.4 Å². The van der Waals surface area contributed by atoms with E-state index < -0.39 is 8.07 Å². The number of aliphatic hydroxyl groups excluding tert-OH is 1. The van der Waals surface area contributed by atoms with Crippen molar-refractivity contribution in [1.82, 2.24) is 15.0 Å². The number of carbonyl (C=O) groups is 1. The summed E-state index contributed by atoms with van der Waals surface area (Å²) in [6.07, 6.45) is 3.63. The number of hydrogen-bond acceptors (Lipinski definition) is 7. The predicted molar refractivity (Wildman–Crippen MR) is 156 cm³/mol. The molecular weight excluding hydrogens is 524 g/mol. The number of ether oxygens (including phenoxy) is 3. The summed E-state index contributed by atoms with van der Waals surface area (Å²) in [5.41, 5.74) is 2.92. The molecule has 214 valence electrons. The average Bonchev–Trinajstić information content (AvgIpc) is 3.40. The summed E-state index contributed by atoms with van der Waals surface area (Å²) in [5.74, 6) is 1.90. The lowest BCUT2D eigenvalue weighted by Crippen LogP contribution is -2.54. The molecule has 1 amide bonds. The fraction of sp³-hybridized carbons (Fsp3) is 0.500. The van der Waals surface area contributed by atoms with Crippen LogP contribution < -0.4 is 19.6 Å². The highest BCUT2D eigenvalue weighted by Crippen LogP contribution is 2.48. The smallest absolute Gasteiger partial charge is 0.228 e. The summed E-state index contributed by atoms with van der Waals surface area (Å²) in [4.78, 5) is 13.9. The normalized spacial score (nSPS) is 21.4. The number of aliphatic hydroxyl groups is 1. The number of aromatic nitrogens is 3. The Balaban J connectivity index is 1.48. The average molecular weight is 565 g/mol. The lowest BCUT2D eigenvalue weighted by atomic mass is 9.86. The van der Waals surface area contributed by atoms with Gasteiger partial charge in [-0.25, -0.2) is 0 Å². The molecule has 2 aliphatic rings. The zero-order valence-electron chi connectivity index (χ0n) is 24.0. The molecule has 0 spiro atoms. The van der Waals surface area contributed by atoms with Gasteiger partial charge in [-0.3, -0.25) is 9.48 Å². The molecule has 3 aromatic rings. The number of amides is 1. The van der Waals surface area contributed by atoms with Gasteiger partial charge in [-0.15, -0.1) is 5.10 Å². The van der Waals surface area contributed by atoms with Crippen molar-refractivity contribution in [2.45, 2.75) is 63.6 Å². The van der Waals surface area contributed by atoms with Gasteiger partial charge in [-0.2, -0.15) is 0 Å². The minimum Gasteiger partial charge on any atom is -0.497 e. The van der Waals surface area contributed by atoms with E-state index in [1.54, 1.807) is 14.2 Å². The largest absolute Gasteiger partial charge is 0.497 e. The van der Waals surface area contributed by atoms with Gasteiger partial charge in [-0.05, 0) is 42.3 Å². The molecule has 2 aromatic carbocycles. The zero-order chi connectivity index (χ0) is 28.4. The molecule has 2 aliphatic heterocycles. The molecule has 0 bridgehead atoms. The van der Waals surface area contributed by atoms with Gasteiger partial charge in [0.05, 0.1) is 27.0 Å². The van der Waals surface area contributed by atoms with Gasteiger partial charge in [-0.1, -0.05) is 42.6 Å². The van der Waals surface area contributed by atoms with Crippen LogP contribution in [0.25, 0.3) is 0 Å². The third-order valence-electron chi connectivity index (χ3n) is 8.76. The number of hydrogen-bond donors (Lipinski definition) is 1. The topological polar surface area (TPSA) is 98.9 Å². The van der Waals surface area contributed by atoms with Gasteiger partial charge < -0.3 is 24.2 Å². The quantitative estimate of drug-likeness (QED) is 0.280. The number of fused-ring (bicyclic) bond motifs is 1. The second kappa shape index (κ2) is 11.7. The third kappa shape index (κ3) is 5.40. The number of anilines is 1. The number of rotatable bonds is 11. The van der Waals surface area contributed by atoms with Crippen LogP contribution in [0.1, 0.15) is 37.1 Å². The summed E-state index contributed by atoms with van der Waals surface area (Å²) in [5, 5.41) is 19.2. The molecule has 1 N–H and O–H groups in total. The summed E-state index contributed by atoms with van der Waals surface area (Å²) in [7, 11) is 1.32. The molecule has 4 atom stereocenters. The number of β-lactam (4-membered cyclic amide) rings is 1. The Morgan fingerprint density at radius 1 is 1.18 bits per heavy atom. The molecule has 1 aromatic heterocycles. The van der Waals surface area contributed by atoms with E-state index in [1.807, 2.05) is 40.0 Å². The first-order valence-electron chi connectivity index (χ1n) is 14.0. The summed E-state index contributed by atoms with van der Waals surface area (Å²) in [6.45, 7) is 8.53. The highest BCUT2D eigenvalue weighted by molar-refractivity contribution is 6.91. The zero-order valence-corrected chi connectivity index (χ0v) is 25.0. The molecule has 10 heteroatoms. The molecule has 0 saturated carbocycles. The van der Waals surface area contributed by atoms with Crippen LogP contribution in [0, 0.1) is 5.92 Å². The van der Waals surface area contributed by atoms with Crippen molar-refractivity contribution in [3.63, 3.8) is 0 Å². The number of methoxy groups -OCH3 is 2. The van der Waals surface area contributed by atoms with Crippen molar-refractivity contribution in [3.8, 4) is 11.5 Å². The Labute approximate surface area is 237 Å². The van der Waals surface area contributed by atoms with Crippen LogP contribution in [0.2, 0.25) is 18.6 Å². The molecular formula is C30H40N4O5Si. The minimum absolute atomic E-state index is 0.0532. The second-order valence-electron chi connectivity index (χ2n) is 11.4. The van der Waals surface area contributed by atoms with Crippen molar-refractivity contribution >= 4 is 24.9 Å².